The lowest BCUT2D eigenvalue weighted by Gasteiger charge is -2.19. The van der Waals surface area contributed by atoms with Crippen LogP contribution in [0.15, 0.2) is 46.9 Å². The molecule has 0 fully saturated rings. The van der Waals surface area contributed by atoms with Gasteiger partial charge in [0.05, 0.1) is 6.54 Å². The van der Waals surface area contributed by atoms with Gasteiger partial charge in [-0.05, 0) is 48.9 Å². The Labute approximate surface area is 156 Å². The molecule has 2 amide bonds. The molecule has 25 heavy (non-hydrogen) atoms. The zero-order valence-corrected chi connectivity index (χ0v) is 16.4. The van der Waals surface area contributed by atoms with E-state index in [1.807, 2.05) is 62.3 Å². The number of benzene rings is 2. The van der Waals surface area contributed by atoms with Crippen LogP contribution in [-0.4, -0.2) is 44.4 Å². The minimum absolute atomic E-state index is 0.0134. The van der Waals surface area contributed by atoms with E-state index >= 15 is 0 Å². The third-order valence-corrected chi connectivity index (χ3v) is 4.29. The molecule has 0 aliphatic carbocycles. The number of aryl methyl sites for hydroxylation is 1. The maximum atomic E-state index is 12.5. The van der Waals surface area contributed by atoms with Crippen molar-refractivity contribution in [2.45, 2.75) is 6.92 Å². The van der Waals surface area contributed by atoms with E-state index in [0.717, 1.165) is 21.4 Å². The van der Waals surface area contributed by atoms with Gasteiger partial charge in [0.15, 0.2) is 0 Å². The van der Waals surface area contributed by atoms with Gasteiger partial charge in [-0.15, -0.1) is 0 Å². The summed E-state index contributed by atoms with van der Waals surface area (Å²) in [6.45, 7) is 1.91. The Morgan fingerprint density at radius 1 is 1.08 bits per heavy atom. The molecule has 0 unspecified atom stereocenters. The average Bonchev–Trinajstić information content (AvgIpc) is 2.56. The topological polar surface area (TPSA) is 52.7 Å². The molecular formula is C19H22BrN3O2. The van der Waals surface area contributed by atoms with E-state index in [0.29, 0.717) is 5.56 Å². The van der Waals surface area contributed by atoms with Gasteiger partial charge in [-0.2, -0.15) is 0 Å². The second-order valence-electron chi connectivity index (χ2n) is 6.11. The van der Waals surface area contributed by atoms with Crippen molar-refractivity contribution in [3.8, 4) is 0 Å². The minimum atomic E-state index is -0.231. The fourth-order valence-corrected chi connectivity index (χ4v) is 2.86. The molecular weight excluding hydrogens is 382 g/mol. The van der Waals surface area contributed by atoms with Crippen molar-refractivity contribution >= 4 is 39.1 Å². The van der Waals surface area contributed by atoms with Crippen LogP contribution in [0.2, 0.25) is 0 Å². The molecule has 0 bridgehead atoms. The molecule has 2 rings (SSSR count). The highest BCUT2D eigenvalue weighted by Crippen LogP contribution is 2.20. The van der Waals surface area contributed by atoms with Gasteiger partial charge in [-0.1, -0.05) is 22.0 Å². The first-order chi connectivity index (χ1) is 11.8. The lowest BCUT2D eigenvalue weighted by molar-refractivity contribution is -0.116. The fraction of sp³-hybridized carbons (Fsp3) is 0.263. The zero-order valence-electron chi connectivity index (χ0n) is 14.8. The maximum absolute atomic E-state index is 12.5. The molecule has 0 atom stereocenters. The largest absolute Gasteiger partial charge is 0.378 e. The van der Waals surface area contributed by atoms with Gasteiger partial charge in [-0.25, -0.2) is 0 Å². The number of likely N-dealkylation sites (N-methyl/N-ethyl adjacent to an activating group) is 1. The summed E-state index contributed by atoms with van der Waals surface area (Å²) in [5.74, 6) is -0.420. The van der Waals surface area contributed by atoms with E-state index in [1.54, 1.807) is 13.1 Å². The summed E-state index contributed by atoms with van der Waals surface area (Å²) in [7, 11) is 5.46. The number of nitrogens with one attached hydrogen (secondary N) is 1. The number of carbonyl (C=O) groups excluding carboxylic acids is 2. The van der Waals surface area contributed by atoms with Crippen molar-refractivity contribution in [3.05, 3.63) is 58.1 Å². The summed E-state index contributed by atoms with van der Waals surface area (Å²) in [5.41, 5.74) is 3.19. The van der Waals surface area contributed by atoms with Crippen LogP contribution in [0.4, 0.5) is 11.4 Å². The second-order valence-corrected chi connectivity index (χ2v) is 7.03. The number of anilines is 2. The summed E-state index contributed by atoms with van der Waals surface area (Å²) in [6.07, 6.45) is 0. The van der Waals surface area contributed by atoms with E-state index in [1.165, 1.54) is 4.90 Å². The minimum Gasteiger partial charge on any atom is -0.378 e. The lowest BCUT2D eigenvalue weighted by Crippen LogP contribution is -2.35. The summed E-state index contributed by atoms with van der Waals surface area (Å²) in [4.78, 5) is 28.1. The first-order valence-corrected chi connectivity index (χ1v) is 8.66. The van der Waals surface area contributed by atoms with E-state index in [9.17, 15) is 9.59 Å². The molecule has 6 heteroatoms. The van der Waals surface area contributed by atoms with Gasteiger partial charge in [0.2, 0.25) is 5.91 Å². The summed E-state index contributed by atoms with van der Waals surface area (Å²) in [5, 5.41) is 2.84. The number of halogens is 1. The molecule has 0 spiro atoms. The first-order valence-electron chi connectivity index (χ1n) is 7.87. The summed E-state index contributed by atoms with van der Waals surface area (Å²) >= 11 is 3.39. The molecule has 0 aromatic heterocycles. The predicted molar refractivity (Wildman–Crippen MR) is 105 cm³/mol. The Bertz CT molecular complexity index is 790. The monoisotopic (exact) mass is 403 g/mol. The summed E-state index contributed by atoms with van der Waals surface area (Å²) in [6, 6.07) is 13.0. The molecule has 5 nitrogen and oxygen atoms in total. The van der Waals surface area contributed by atoms with E-state index in [4.69, 9.17) is 0 Å². The van der Waals surface area contributed by atoms with Gasteiger partial charge in [0.1, 0.15) is 0 Å². The highest BCUT2D eigenvalue weighted by Gasteiger charge is 2.16. The van der Waals surface area contributed by atoms with E-state index in [2.05, 4.69) is 21.2 Å². The van der Waals surface area contributed by atoms with Gasteiger partial charge >= 0.3 is 0 Å². The maximum Gasteiger partial charge on any atom is 0.254 e. The third-order valence-electron chi connectivity index (χ3n) is 3.80. The molecule has 0 radical (unpaired) electrons. The second kappa shape index (κ2) is 8.16. The standard InChI is InChI=1S/C19H22BrN3O2/c1-13-10-15(20)8-9-17(13)21-18(24)12-23(4)19(25)14-6-5-7-16(11-14)22(2)3/h5-11H,12H2,1-4H3,(H,21,24). The number of rotatable bonds is 5. The predicted octanol–water partition coefficient (Wildman–Crippen LogP) is 3.53. The quantitative estimate of drug-likeness (QED) is 0.830. The van der Waals surface area contributed by atoms with Crippen molar-refractivity contribution < 1.29 is 9.59 Å². The Morgan fingerprint density at radius 3 is 2.44 bits per heavy atom. The molecule has 0 saturated carbocycles. The molecule has 0 heterocycles. The van der Waals surface area contributed by atoms with E-state index in [-0.39, 0.29) is 18.4 Å². The normalized spacial score (nSPS) is 10.3. The van der Waals surface area contributed by atoms with Crippen LogP contribution in [0, 0.1) is 6.92 Å². The van der Waals surface area contributed by atoms with Crippen LogP contribution >= 0.6 is 15.9 Å². The molecule has 1 N–H and O–H groups in total. The highest BCUT2D eigenvalue weighted by molar-refractivity contribution is 9.10. The molecule has 2 aromatic rings. The smallest absolute Gasteiger partial charge is 0.254 e. The van der Waals surface area contributed by atoms with Crippen LogP contribution < -0.4 is 10.2 Å². The van der Waals surface area contributed by atoms with Crippen LogP contribution in [0.5, 0.6) is 0 Å². The lowest BCUT2D eigenvalue weighted by atomic mass is 10.1. The number of amides is 2. The number of hydrogen-bond acceptors (Lipinski definition) is 3. The van der Waals surface area contributed by atoms with Crippen LogP contribution in [0.3, 0.4) is 0 Å². The van der Waals surface area contributed by atoms with Crippen molar-refractivity contribution in [1.82, 2.24) is 4.90 Å². The molecule has 2 aromatic carbocycles. The molecule has 0 aliphatic heterocycles. The summed E-state index contributed by atoms with van der Waals surface area (Å²) < 4.78 is 0.955. The van der Waals surface area contributed by atoms with Gasteiger partial charge in [-0.3, -0.25) is 9.59 Å². The first kappa shape index (κ1) is 19.0. The molecule has 0 aliphatic rings. The Morgan fingerprint density at radius 2 is 1.80 bits per heavy atom. The van der Waals surface area contributed by atoms with Crippen molar-refractivity contribution in [1.29, 1.82) is 0 Å². The molecule has 132 valence electrons. The number of carbonyl (C=O) groups is 2. The zero-order chi connectivity index (χ0) is 18.6. The van der Waals surface area contributed by atoms with Crippen LogP contribution in [0.1, 0.15) is 15.9 Å². The van der Waals surface area contributed by atoms with Crippen LogP contribution in [-0.2, 0) is 4.79 Å². The SMILES string of the molecule is Cc1cc(Br)ccc1NC(=O)CN(C)C(=O)c1cccc(N(C)C)c1. The van der Waals surface area contributed by atoms with Gasteiger partial charge in [0.25, 0.3) is 5.91 Å². The van der Waals surface area contributed by atoms with Crippen molar-refractivity contribution in [3.63, 3.8) is 0 Å². The Kier molecular flexibility index (Phi) is 6.20. The number of hydrogen-bond donors (Lipinski definition) is 1. The van der Waals surface area contributed by atoms with Crippen LogP contribution in [0.25, 0.3) is 0 Å². The van der Waals surface area contributed by atoms with E-state index < -0.39 is 0 Å². The fourth-order valence-electron chi connectivity index (χ4n) is 2.38. The highest BCUT2D eigenvalue weighted by atomic mass is 79.9. The number of nitrogens with zero attached hydrogens (tertiary/aromatic N) is 2. The molecule has 0 saturated heterocycles. The Balaban J connectivity index is 2.03. The van der Waals surface area contributed by atoms with Gasteiger partial charge in [0, 0.05) is 42.6 Å². The van der Waals surface area contributed by atoms with Crippen molar-refractivity contribution in [2.75, 3.05) is 37.9 Å². The average molecular weight is 404 g/mol. The van der Waals surface area contributed by atoms with Gasteiger partial charge < -0.3 is 15.1 Å². The Hall–Kier alpha value is -2.34. The third kappa shape index (κ3) is 5.06. The van der Waals surface area contributed by atoms with Crippen molar-refractivity contribution in [2.24, 2.45) is 0 Å².